The SMILES string of the molecule is CCNC(=NCC(C)C)NCCc1cc2ccccc2o1.I. The molecule has 0 aliphatic rings. The highest BCUT2D eigenvalue weighted by molar-refractivity contribution is 14.0. The van der Waals surface area contributed by atoms with Gasteiger partial charge in [0.15, 0.2) is 5.96 Å². The summed E-state index contributed by atoms with van der Waals surface area (Å²) >= 11 is 0. The van der Waals surface area contributed by atoms with Crippen molar-refractivity contribution >= 4 is 40.9 Å². The average Bonchev–Trinajstić information content (AvgIpc) is 2.87. The number of halogens is 1. The van der Waals surface area contributed by atoms with Crippen LogP contribution in [-0.4, -0.2) is 25.6 Å². The molecule has 1 heterocycles. The number of hydrogen-bond donors (Lipinski definition) is 2. The van der Waals surface area contributed by atoms with Crippen molar-refractivity contribution in [3.63, 3.8) is 0 Å². The van der Waals surface area contributed by atoms with Gasteiger partial charge in [0.1, 0.15) is 11.3 Å². The Morgan fingerprint density at radius 2 is 2.00 bits per heavy atom. The molecule has 0 spiro atoms. The number of aliphatic imine (C=N–C) groups is 1. The van der Waals surface area contributed by atoms with Crippen molar-refractivity contribution < 1.29 is 4.42 Å². The Hall–Kier alpha value is -1.24. The lowest BCUT2D eigenvalue weighted by molar-refractivity contribution is 0.544. The third-order valence-electron chi connectivity index (χ3n) is 3.10. The van der Waals surface area contributed by atoms with Crippen molar-refractivity contribution in [2.24, 2.45) is 10.9 Å². The van der Waals surface area contributed by atoms with Gasteiger partial charge in [0, 0.05) is 31.4 Å². The molecule has 0 aliphatic heterocycles. The predicted molar refractivity (Wildman–Crippen MR) is 104 cm³/mol. The molecule has 0 atom stereocenters. The van der Waals surface area contributed by atoms with E-state index in [2.05, 4.69) is 48.5 Å². The lowest BCUT2D eigenvalue weighted by atomic mass is 10.2. The Morgan fingerprint density at radius 3 is 2.68 bits per heavy atom. The second-order valence-electron chi connectivity index (χ2n) is 5.54. The molecule has 2 rings (SSSR count). The highest BCUT2D eigenvalue weighted by atomic mass is 127. The van der Waals surface area contributed by atoms with E-state index in [1.165, 1.54) is 0 Å². The molecule has 0 saturated heterocycles. The summed E-state index contributed by atoms with van der Waals surface area (Å²) in [6, 6.07) is 10.2. The maximum atomic E-state index is 5.81. The molecule has 0 amide bonds. The van der Waals surface area contributed by atoms with Crippen LogP contribution in [0.3, 0.4) is 0 Å². The van der Waals surface area contributed by atoms with E-state index in [1.54, 1.807) is 0 Å². The van der Waals surface area contributed by atoms with Crippen LogP contribution in [0.2, 0.25) is 0 Å². The molecule has 2 N–H and O–H groups in total. The zero-order chi connectivity index (χ0) is 15.1. The first-order chi connectivity index (χ1) is 10.2. The van der Waals surface area contributed by atoms with Crippen molar-refractivity contribution in [2.75, 3.05) is 19.6 Å². The molecule has 122 valence electrons. The van der Waals surface area contributed by atoms with E-state index in [0.717, 1.165) is 48.7 Å². The summed E-state index contributed by atoms with van der Waals surface area (Å²) in [6.07, 6.45) is 0.848. The Kier molecular flexibility index (Phi) is 8.30. The number of benzene rings is 1. The van der Waals surface area contributed by atoms with Gasteiger partial charge in [-0.15, -0.1) is 24.0 Å². The fourth-order valence-electron chi connectivity index (χ4n) is 2.08. The van der Waals surface area contributed by atoms with Crippen LogP contribution in [0, 0.1) is 5.92 Å². The second-order valence-corrected chi connectivity index (χ2v) is 5.54. The van der Waals surface area contributed by atoms with Crippen LogP contribution in [-0.2, 0) is 6.42 Å². The van der Waals surface area contributed by atoms with Crippen molar-refractivity contribution in [3.8, 4) is 0 Å². The molecule has 22 heavy (non-hydrogen) atoms. The van der Waals surface area contributed by atoms with Gasteiger partial charge in [-0.2, -0.15) is 0 Å². The van der Waals surface area contributed by atoms with Gasteiger partial charge < -0.3 is 15.1 Å². The zero-order valence-corrected chi connectivity index (χ0v) is 15.9. The maximum Gasteiger partial charge on any atom is 0.191 e. The minimum atomic E-state index is 0. The summed E-state index contributed by atoms with van der Waals surface area (Å²) < 4.78 is 5.81. The molecule has 1 aromatic carbocycles. The summed E-state index contributed by atoms with van der Waals surface area (Å²) in [5.74, 6) is 2.45. The Labute approximate surface area is 149 Å². The van der Waals surface area contributed by atoms with Crippen LogP contribution in [0.15, 0.2) is 39.7 Å². The van der Waals surface area contributed by atoms with E-state index in [4.69, 9.17) is 4.42 Å². The second kappa shape index (κ2) is 9.71. The van der Waals surface area contributed by atoms with Gasteiger partial charge in [0.25, 0.3) is 0 Å². The molecule has 0 aliphatic carbocycles. The van der Waals surface area contributed by atoms with E-state index >= 15 is 0 Å². The summed E-state index contributed by atoms with van der Waals surface area (Å²) in [5, 5.41) is 7.77. The van der Waals surface area contributed by atoms with Crippen LogP contribution in [0.5, 0.6) is 0 Å². The predicted octanol–water partition coefficient (Wildman–Crippen LogP) is 3.80. The molecule has 1 aromatic heterocycles. The quantitative estimate of drug-likeness (QED) is 0.429. The van der Waals surface area contributed by atoms with E-state index in [9.17, 15) is 0 Å². The maximum absolute atomic E-state index is 5.81. The fourth-order valence-corrected chi connectivity index (χ4v) is 2.08. The van der Waals surface area contributed by atoms with E-state index < -0.39 is 0 Å². The standard InChI is InChI=1S/C17H25N3O.HI/c1-4-18-17(20-12-13(2)3)19-10-9-15-11-14-7-5-6-8-16(14)21-15;/h5-8,11,13H,4,9-10,12H2,1-3H3,(H2,18,19,20);1H. The van der Waals surface area contributed by atoms with Gasteiger partial charge in [0.2, 0.25) is 0 Å². The first kappa shape index (κ1) is 18.8. The molecule has 4 nitrogen and oxygen atoms in total. The van der Waals surface area contributed by atoms with Crippen molar-refractivity contribution in [1.82, 2.24) is 10.6 Å². The first-order valence-electron chi connectivity index (χ1n) is 7.68. The number of hydrogen-bond acceptors (Lipinski definition) is 2. The third-order valence-corrected chi connectivity index (χ3v) is 3.10. The van der Waals surface area contributed by atoms with Gasteiger partial charge >= 0.3 is 0 Å². The van der Waals surface area contributed by atoms with Gasteiger partial charge in [-0.3, -0.25) is 4.99 Å². The van der Waals surface area contributed by atoms with E-state index in [0.29, 0.717) is 5.92 Å². The number of para-hydroxylation sites is 1. The summed E-state index contributed by atoms with van der Waals surface area (Å²) in [7, 11) is 0. The van der Waals surface area contributed by atoms with Crippen molar-refractivity contribution in [1.29, 1.82) is 0 Å². The topological polar surface area (TPSA) is 49.6 Å². The molecular formula is C17H26IN3O. The van der Waals surface area contributed by atoms with Crippen LogP contribution in [0.25, 0.3) is 11.0 Å². The van der Waals surface area contributed by atoms with Crippen LogP contribution in [0.1, 0.15) is 26.5 Å². The third kappa shape index (κ3) is 5.87. The molecular weight excluding hydrogens is 389 g/mol. The number of fused-ring (bicyclic) bond motifs is 1. The Balaban J connectivity index is 0.00000242. The molecule has 0 radical (unpaired) electrons. The van der Waals surface area contributed by atoms with Crippen LogP contribution < -0.4 is 10.6 Å². The fraction of sp³-hybridized carbons (Fsp3) is 0.471. The largest absolute Gasteiger partial charge is 0.461 e. The smallest absolute Gasteiger partial charge is 0.191 e. The normalized spacial score (nSPS) is 11.5. The average molecular weight is 415 g/mol. The lowest BCUT2D eigenvalue weighted by Gasteiger charge is -2.11. The highest BCUT2D eigenvalue weighted by Crippen LogP contribution is 2.18. The van der Waals surface area contributed by atoms with Crippen LogP contribution >= 0.6 is 24.0 Å². The zero-order valence-electron chi connectivity index (χ0n) is 13.6. The number of nitrogens with one attached hydrogen (secondary N) is 2. The molecule has 0 bridgehead atoms. The molecule has 0 saturated carbocycles. The number of guanidine groups is 1. The molecule has 0 unspecified atom stereocenters. The van der Waals surface area contributed by atoms with Crippen LogP contribution in [0.4, 0.5) is 0 Å². The lowest BCUT2D eigenvalue weighted by Crippen LogP contribution is -2.38. The van der Waals surface area contributed by atoms with Gasteiger partial charge in [-0.05, 0) is 25.0 Å². The summed E-state index contributed by atoms with van der Waals surface area (Å²) in [5.41, 5.74) is 0.952. The number of rotatable bonds is 6. The van der Waals surface area contributed by atoms with Crippen molar-refractivity contribution in [2.45, 2.75) is 27.2 Å². The first-order valence-corrected chi connectivity index (χ1v) is 7.68. The monoisotopic (exact) mass is 415 g/mol. The molecule has 5 heteroatoms. The Bertz CT molecular complexity index is 559. The van der Waals surface area contributed by atoms with Gasteiger partial charge in [-0.25, -0.2) is 0 Å². The van der Waals surface area contributed by atoms with E-state index in [-0.39, 0.29) is 24.0 Å². The molecule has 0 fully saturated rings. The number of nitrogens with zero attached hydrogens (tertiary/aromatic N) is 1. The summed E-state index contributed by atoms with van der Waals surface area (Å²) in [4.78, 5) is 4.55. The molecule has 2 aromatic rings. The minimum absolute atomic E-state index is 0. The summed E-state index contributed by atoms with van der Waals surface area (Å²) in [6.45, 7) is 8.92. The van der Waals surface area contributed by atoms with Gasteiger partial charge in [-0.1, -0.05) is 32.0 Å². The minimum Gasteiger partial charge on any atom is -0.461 e. The van der Waals surface area contributed by atoms with Crippen molar-refractivity contribution in [3.05, 3.63) is 36.1 Å². The number of furan rings is 1. The van der Waals surface area contributed by atoms with E-state index in [1.807, 2.05) is 18.2 Å². The Morgan fingerprint density at radius 1 is 1.23 bits per heavy atom. The highest BCUT2D eigenvalue weighted by Gasteiger charge is 2.03. The van der Waals surface area contributed by atoms with Gasteiger partial charge in [0.05, 0.1) is 0 Å².